The first-order chi connectivity index (χ1) is 39.0. The Morgan fingerprint density at radius 2 is 0.841 bits per heavy atom. The van der Waals surface area contributed by atoms with E-state index in [1.807, 2.05) is 0 Å². The molecule has 0 radical (unpaired) electrons. The number of imide groups is 2. The number of amides is 5. The highest BCUT2D eigenvalue weighted by Gasteiger charge is 2.61. The Morgan fingerprint density at radius 1 is 0.463 bits per heavy atom. The van der Waals surface area contributed by atoms with Gasteiger partial charge >= 0.3 is 35.8 Å². The van der Waals surface area contributed by atoms with E-state index >= 15 is 0 Å². The predicted molar refractivity (Wildman–Crippen MR) is 269 cm³/mol. The number of aliphatic hydroxyl groups excluding tert-OH is 1. The summed E-state index contributed by atoms with van der Waals surface area (Å²) in [5.74, 6) is -10.1. The van der Waals surface area contributed by atoms with Crippen LogP contribution in [0.3, 0.4) is 0 Å². The molecule has 5 aliphatic heterocycles. The summed E-state index contributed by atoms with van der Waals surface area (Å²) in [5, 5.41) is 15.4. The van der Waals surface area contributed by atoms with Gasteiger partial charge in [0.05, 0.1) is 35.5 Å². The van der Waals surface area contributed by atoms with Crippen LogP contribution in [-0.4, -0.2) is 192 Å². The number of esters is 6. The molecule has 5 heterocycles. The second kappa shape index (κ2) is 25.8. The lowest BCUT2D eigenvalue weighted by atomic mass is 9.93. The van der Waals surface area contributed by atoms with Crippen LogP contribution in [0, 0.1) is 0 Å². The van der Waals surface area contributed by atoms with Crippen LogP contribution < -0.4 is 5.32 Å². The Balaban J connectivity index is 1.26. The van der Waals surface area contributed by atoms with Crippen molar-refractivity contribution in [2.24, 2.45) is 0 Å². The van der Waals surface area contributed by atoms with Crippen molar-refractivity contribution in [2.45, 2.75) is 147 Å². The lowest BCUT2D eigenvalue weighted by Gasteiger charge is -2.50. The SMILES string of the molecule is CC(=O)N[C@H]1[C@@H](OCc2ccccc2)O[C@H](CO[C@@H]2O[C@H](COC(C)=O)[C@@H](OC(C)=O)[C@H](OC(C)=O)[C@H]2N2C(=O)c3ccccc3C2=O)[C@@H](O[C@@H]2O[C@H](COC(C)=O)[C@@H](OC(C)=O)[C@H](OC(C)=O)[C@H]2N2C(=O)c3ccccc3C2=O)[C@@H]1O. The molecule has 0 bridgehead atoms. The first kappa shape index (κ1) is 60.1. The van der Waals surface area contributed by atoms with E-state index in [0.717, 1.165) is 48.5 Å². The number of rotatable bonds is 19. The monoisotopic (exact) mass is 1150 g/mol. The van der Waals surface area contributed by atoms with Crippen LogP contribution >= 0.6 is 0 Å². The van der Waals surface area contributed by atoms with Crippen LogP contribution in [0.15, 0.2) is 78.9 Å². The summed E-state index contributed by atoms with van der Waals surface area (Å²) in [5.41, 5.74) is 0.227. The smallest absolute Gasteiger partial charge is 0.303 e. The molecule has 438 valence electrons. The van der Waals surface area contributed by atoms with E-state index < -0.39 is 177 Å². The van der Waals surface area contributed by atoms with Crippen molar-refractivity contribution in [3.05, 3.63) is 107 Å². The molecule has 5 amide bonds. The summed E-state index contributed by atoms with van der Waals surface area (Å²) in [6.45, 7) is 4.74. The average molecular weight is 1150 g/mol. The van der Waals surface area contributed by atoms with Gasteiger partial charge in [-0.25, -0.2) is 0 Å². The number of nitrogens with one attached hydrogen (secondary N) is 1. The highest BCUT2D eigenvalue weighted by Crippen LogP contribution is 2.40. The van der Waals surface area contributed by atoms with Gasteiger partial charge in [-0.1, -0.05) is 54.6 Å². The standard InChI is InChI=1S/C55H59N3O24/c1-25(59)56-40-43(66)44(82-55-42(58-51(69)35-19-13-14-20-36(35)52(58)70)48(78-31(7)65)46(76-29(5)63)39(81-55)23-72-27(3)61)37(79-53(40)73-21-32-15-9-8-10-16-32)24-74-54-41(57-49(67)33-17-11-12-18-34(33)50(57)68)47(77-30(6)64)45(75-28(4)62)38(80-54)22-71-26(2)60/h8-20,37-48,53-55,66H,21-24H2,1-7H3,(H,56,59)/t37-,38-,39-,40-,41-,42-,43-,44-,45-,46-,47-,48-,53+,54-,55+/m1/s1. The average Bonchev–Trinajstić information content (AvgIpc) is 3.69. The maximum absolute atomic E-state index is 14.5. The van der Waals surface area contributed by atoms with Gasteiger partial charge < -0.3 is 67.3 Å². The molecule has 3 aromatic carbocycles. The molecule has 0 aliphatic carbocycles. The number of hydrogen-bond donors (Lipinski definition) is 2. The van der Waals surface area contributed by atoms with Crippen molar-refractivity contribution in [2.75, 3.05) is 19.8 Å². The molecular formula is C55H59N3O24. The van der Waals surface area contributed by atoms with Gasteiger partial charge in [-0.15, -0.1) is 0 Å². The number of nitrogens with zero attached hydrogens (tertiary/aromatic N) is 2. The fourth-order valence-electron chi connectivity index (χ4n) is 10.4. The molecule has 82 heavy (non-hydrogen) atoms. The minimum atomic E-state index is -2.10. The van der Waals surface area contributed by atoms with Gasteiger partial charge in [0.1, 0.15) is 61.9 Å². The summed E-state index contributed by atoms with van der Waals surface area (Å²) in [7, 11) is 0. The molecule has 15 atom stereocenters. The predicted octanol–water partition coefficient (Wildman–Crippen LogP) is 0.828. The van der Waals surface area contributed by atoms with Gasteiger partial charge in [-0.3, -0.25) is 62.5 Å². The van der Waals surface area contributed by atoms with Gasteiger partial charge in [0.15, 0.2) is 43.3 Å². The minimum absolute atomic E-state index is 0.0800. The van der Waals surface area contributed by atoms with Gasteiger partial charge in [0, 0.05) is 48.5 Å². The zero-order valence-corrected chi connectivity index (χ0v) is 45.2. The Hall–Kier alpha value is -8.05. The van der Waals surface area contributed by atoms with Gasteiger partial charge in [0.2, 0.25) is 5.91 Å². The maximum Gasteiger partial charge on any atom is 0.303 e. The fraction of sp³-hybridized carbons (Fsp3) is 0.473. The van der Waals surface area contributed by atoms with Gasteiger partial charge in [-0.05, 0) is 29.8 Å². The molecule has 2 N–H and O–H groups in total. The second-order valence-electron chi connectivity index (χ2n) is 19.5. The third-order valence-electron chi connectivity index (χ3n) is 13.6. The quantitative estimate of drug-likeness (QED) is 0.0953. The molecule has 27 heteroatoms. The van der Waals surface area contributed by atoms with Gasteiger partial charge in [0.25, 0.3) is 23.6 Å². The fourth-order valence-corrected chi connectivity index (χ4v) is 10.4. The molecule has 5 aliphatic rings. The van der Waals surface area contributed by atoms with Crippen LogP contribution in [0.1, 0.15) is 95.5 Å². The van der Waals surface area contributed by atoms with Crippen LogP contribution in [0.4, 0.5) is 0 Å². The van der Waals surface area contributed by atoms with Crippen molar-refractivity contribution < 1.29 is 115 Å². The van der Waals surface area contributed by atoms with E-state index in [1.54, 1.807) is 30.3 Å². The minimum Gasteiger partial charge on any atom is -0.463 e. The topological polar surface area (TPSA) is 337 Å². The molecule has 0 unspecified atom stereocenters. The third kappa shape index (κ3) is 13.2. The van der Waals surface area contributed by atoms with E-state index in [9.17, 15) is 57.8 Å². The van der Waals surface area contributed by atoms with Crippen LogP contribution in [-0.2, 0) is 97.0 Å². The van der Waals surface area contributed by atoms with E-state index in [2.05, 4.69) is 5.32 Å². The lowest BCUT2D eigenvalue weighted by molar-refractivity contribution is -0.347. The second-order valence-corrected chi connectivity index (χ2v) is 19.5. The van der Waals surface area contributed by atoms with E-state index in [1.165, 1.54) is 48.5 Å². The molecule has 0 spiro atoms. The normalized spacial score (nSPS) is 29.4. The number of benzene rings is 3. The summed E-state index contributed by atoms with van der Waals surface area (Å²) < 4.78 is 72.4. The van der Waals surface area contributed by atoms with E-state index in [-0.39, 0.29) is 28.9 Å². The summed E-state index contributed by atoms with van der Waals surface area (Å²) in [4.78, 5) is 149. The number of carbonyl (C=O) groups excluding carboxylic acids is 11. The third-order valence-corrected chi connectivity index (χ3v) is 13.6. The summed E-state index contributed by atoms with van der Waals surface area (Å²) in [6, 6.07) is 14.6. The molecular weight excluding hydrogens is 1090 g/mol. The summed E-state index contributed by atoms with van der Waals surface area (Å²) >= 11 is 0. The van der Waals surface area contributed by atoms with Crippen molar-refractivity contribution in [3.63, 3.8) is 0 Å². The van der Waals surface area contributed by atoms with Crippen molar-refractivity contribution in [3.8, 4) is 0 Å². The molecule has 8 rings (SSSR count). The Morgan fingerprint density at radius 3 is 1.26 bits per heavy atom. The first-order valence-electron chi connectivity index (χ1n) is 25.8. The van der Waals surface area contributed by atoms with Crippen molar-refractivity contribution in [1.82, 2.24) is 15.1 Å². The molecule has 0 aromatic heterocycles. The van der Waals surface area contributed by atoms with E-state index in [4.69, 9.17) is 56.8 Å². The largest absolute Gasteiger partial charge is 0.463 e. The van der Waals surface area contributed by atoms with Gasteiger partial charge in [-0.2, -0.15) is 0 Å². The number of carbonyl (C=O) groups is 11. The van der Waals surface area contributed by atoms with E-state index in [0.29, 0.717) is 15.4 Å². The van der Waals surface area contributed by atoms with Crippen molar-refractivity contribution in [1.29, 1.82) is 0 Å². The molecule has 27 nitrogen and oxygen atoms in total. The highest BCUT2D eigenvalue weighted by molar-refractivity contribution is 6.22. The Bertz CT molecular complexity index is 2900. The number of aliphatic hydroxyl groups is 1. The van der Waals surface area contributed by atoms with Crippen molar-refractivity contribution >= 4 is 65.4 Å². The molecule has 3 aromatic rings. The van der Waals surface area contributed by atoms with Crippen LogP contribution in [0.5, 0.6) is 0 Å². The molecule has 0 saturated carbocycles. The van der Waals surface area contributed by atoms with Crippen LogP contribution in [0.2, 0.25) is 0 Å². The Kier molecular flexibility index (Phi) is 18.9. The summed E-state index contributed by atoms with van der Waals surface area (Å²) in [6.07, 6.45) is -21.8. The zero-order valence-electron chi connectivity index (χ0n) is 45.2. The Labute approximate surface area is 467 Å². The molecule has 3 saturated heterocycles. The number of fused-ring (bicyclic) bond motifs is 2. The highest BCUT2D eigenvalue weighted by atomic mass is 16.8. The molecule has 3 fully saturated rings. The zero-order chi connectivity index (χ0) is 59.3. The lowest BCUT2D eigenvalue weighted by Crippen LogP contribution is -2.71. The number of hydrogen-bond acceptors (Lipinski definition) is 24. The first-order valence-corrected chi connectivity index (χ1v) is 25.8. The maximum atomic E-state index is 14.5. The number of ether oxygens (including phenoxy) is 12. The van der Waals surface area contributed by atoms with Crippen LogP contribution in [0.25, 0.3) is 0 Å².